The molecule has 0 radical (unpaired) electrons. The first-order chi connectivity index (χ1) is 8.15. The molecule has 0 bridgehead atoms. The predicted octanol–water partition coefficient (Wildman–Crippen LogP) is 1.96. The van der Waals surface area contributed by atoms with Gasteiger partial charge in [-0.25, -0.2) is 0 Å². The van der Waals surface area contributed by atoms with Gasteiger partial charge in [-0.3, -0.25) is 4.79 Å². The Balaban J connectivity index is 2.56. The van der Waals surface area contributed by atoms with Crippen LogP contribution in [0, 0.1) is 0 Å². The van der Waals surface area contributed by atoms with Crippen molar-refractivity contribution in [2.75, 3.05) is 25.0 Å². The number of benzene rings is 1. The Hall–Kier alpha value is -1.07. The number of anilines is 1. The van der Waals surface area contributed by atoms with Crippen LogP contribution in [0.2, 0.25) is 0 Å². The third-order valence-corrected chi connectivity index (χ3v) is 2.78. The molecule has 0 aliphatic heterocycles. The SMILES string of the molecule is CCCNCCNc1cc(Br)ccc1C(N)=O. The third-order valence-electron chi connectivity index (χ3n) is 2.29. The summed E-state index contributed by atoms with van der Waals surface area (Å²) in [7, 11) is 0. The van der Waals surface area contributed by atoms with Gasteiger partial charge in [-0.05, 0) is 31.2 Å². The Morgan fingerprint density at radius 3 is 2.76 bits per heavy atom. The van der Waals surface area contributed by atoms with Gasteiger partial charge in [-0.15, -0.1) is 0 Å². The van der Waals surface area contributed by atoms with Crippen LogP contribution in [0.25, 0.3) is 0 Å². The standard InChI is InChI=1S/C12H18BrN3O/c1-2-5-15-6-7-16-11-8-9(13)3-4-10(11)12(14)17/h3-4,8,15-16H,2,5-7H2,1H3,(H2,14,17). The molecular formula is C12H18BrN3O. The minimum absolute atomic E-state index is 0.415. The predicted molar refractivity (Wildman–Crippen MR) is 74.3 cm³/mol. The topological polar surface area (TPSA) is 67.2 Å². The van der Waals surface area contributed by atoms with Crippen molar-refractivity contribution in [3.05, 3.63) is 28.2 Å². The van der Waals surface area contributed by atoms with Crippen LogP contribution in [-0.4, -0.2) is 25.5 Å². The molecule has 0 saturated heterocycles. The lowest BCUT2D eigenvalue weighted by molar-refractivity contribution is 0.100. The van der Waals surface area contributed by atoms with E-state index in [2.05, 4.69) is 33.5 Å². The summed E-state index contributed by atoms with van der Waals surface area (Å²) in [5.41, 5.74) is 6.59. The summed E-state index contributed by atoms with van der Waals surface area (Å²) >= 11 is 3.37. The lowest BCUT2D eigenvalue weighted by Crippen LogP contribution is -2.24. The zero-order valence-corrected chi connectivity index (χ0v) is 11.5. The number of carbonyl (C=O) groups is 1. The summed E-state index contributed by atoms with van der Waals surface area (Å²) in [6, 6.07) is 5.38. The molecule has 0 saturated carbocycles. The van der Waals surface area contributed by atoms with Crippen molar-refractivity contribution >= 4 is 27.5 Å². The quantitative estimate of drug-likeness (QED) is 0.674. The van der Waals surface area contributed by atoms with Crippen molar-refractivity contribution in [1.29, 1.82) is 0 Å². The summed E-state index contributed by atoms with van der Waals surface area (Å²) in [5.74, 6) is -0.415. The van der Waals surface area contributed by atoms with Gasteiger partial charge in [0, 0.05) is 23.2 Å². The van der Waals surface area contributed by atoms with E-state index >= 15 is 0 Å². The van der Waals surface area contributed by atoms with Gasteiger partial charge < -0.3 is 16.4 Å². The molecule has 1 aromatic carbocycles. The minimum atomic E-state index is -0.415. The highest BCUT2D eigenvalue weighted by atomic mass is 79.9. The molecule has 5 heteroatoms. The van der Waals surface area contributed by atoms with E-state index in [0.29, 0.717) is 5.56 Å². The van der Waals surface area contributed by atoms with E-state index in [4.69, 9.17) is 5.73 Å². The molecule has 0 heterocycles. The van der Waals surface area contributed by atoms with E-state index in [-0.39, 0.29) is 0 Å². The normalized spacial score (nSPS) is 10.2. The zero-order chi connectivity index (χ0) is 12.7. The molecule has 0 aromatic heterocycles. The van der Waals surface area contributed by atoms with E-state index < -0.39 is 5.91 Å². The van der Waals surface area contributed by atoms with Crippen LogP contribution in [0.5, 0.6) is 0 Å². The molecule has 1 rings (SSSR count). The van der Waals surface area contributed by atoms with E-state index in [1.165, 1.54) is 0 Å². The van der Waals surface area contributed by atoms with Crippen molar-refractivity contribution in [3.63, 3.8) is 0 Å². The number of halogens is 1. The number of hydrogen-bond acceptors (Lipinski definition) is 3. The second-order valence-electron chi connectivity index (χ2n) is 3.73. The van der Waals surface area contributed by atoms with Crippen molar-refractivity contribution in [2.45, 2.75) is 13.3 Å². The molecule has 0 aliphatic rings. The largest absolute Gasteiger partial charge is 0.383 e. The fourth-order valence-electron chi connectivity index (χ4n) is 1.46. The molecule has 4 nitrogen and oxygen atoms in total. The van der Waals surface area contributed by atoms with E-state index in [1.807, 2.05) is 6.07 Å². The maximum absolute atomic E-state index is 11.2. The number of amides is 1. The van der Waals surface area contributed by atoms with Crippen molar-refractivity contribution in [2.24, 2.45) is 5.73 Å². The molecule has 0 aliphatic carbocycles. The average molecular weight is 300 g/mol. The van der Waals surface area contributed by atoms with Gasteiger partial charge in [0.25, 0.3) is 5.91 Å². The number of primary amides is 1. The van der Waals surface area contributed by atoms with Crippen LogP contribution in [0.15, 0.2) is 22.7 Å². The number of nitrogens with one attached hydrogen (secondary N) is 2. The second kappa shape index (κ2) is 7.29. The molecule has 0 spiro atoms. The molecular weight excluding hydrogens is 282 g/mol. The summed E-state index contributed by atoms with van der Waals surface area (Å²) < 4.78 is 0.923. The van der Waals surface area contributed by atoms with Gasteiger partial charge in [-0.2, -0.15) is 0 Å². The summed E-state index contributed by atoms with van der Waals surface area (Å²) in [4.78, 5) is 11.2. The minimum Gasteiger partial charge on any atom is -0.383 e. The first-order valence-electron chi connectivity index (χ1n) is 5.69. The zero-order valence-electron chi connectivity index (χ0n) is 9.92. The Labute approximate surface area is 110 Å². The second-order valence-corrected chi connectivity index (χ2v) is 4.65. The number of nitrogens with two attached hydrogens (primary N) is 1. The molecule has 0 fully saturated rings. The molecule has 0 atom stereocenters. The van der Waals surface area contributed by atoms with Gasteiger partial charge in [0.05, 0.1) is 5.56 Å². The number of hydrogen-bond donors (Lipinski definition) is 3. The van der Waals surface area contributed by atoms with Crippen LogP contribution in [0.4, 0.5) is 5.69 Å². The van der Waals surface area contributed by atoms with Crippen molar-refractivity contribution in [3.8, 4) is 0 Å². The Morgan fingerprint density at radius 2 is 2.12 bits per heavy atom. The third kappa shape index (κ3) is 4.75. The summed E-state index contributed by atoms with van der Waals surface area (Å²) in [5, 5.41) is 6.48. The van der Waals surface area contributed by atoms with Crippen LogP contribution in [-0.2, 0) is 0 Å². The van der Waals surface area contributed by atoms with E-state index in [9.17, 15) is 4.79 Å². The van der Waals surface area contributed by atoms with E-state index in [0.717, 1.165) is 36.2 Å². The summed E-state index contributed by atoms with van der Waals surface area (Å²) in [6.45, 7) is 4.75. The van der Waals surface area contributed by atoms with Gasteiger partial charge in [0.1, 0.15) is 0 Å². The maximum Gasteiger partial charge on any atom is 0.250 e. The lowest BCUT2D eigenvalue weighted by Gasteiger charge is -2.11. The maximum atomic E-state index is 11.2. The highest BCUT2D eigenvalue weighted by Gasteiger charge is 2.07. The highest BCUT2D eigenvalue weighted by molar-refractivity contribution is 9.10. The van der Waals surface area contributed by atoms with Gasteiger partial charge in [0.2, 0.25) is 0 Å². The lowest BCUT2D eigenvalue weighted by atomic mass is 10.1. The molecule has 0 unspecified atom stereocenters. The molecule has 1 amide bonds. The Morgan fingerprint density at radius 1 is 1.35 bits per heavy atom. The van der Waals surface area contributed by atoms with Crippen LogP contribution in [0.3, 0.4) is 0 Å². The van der Waals surface area contributed by atoms with Gasteiger partial charge in [0.15, 0.2) is 0 Å². The van der Waals surface area contributed by atoms with Crippen molar-refractivity contribution < 1.29 is 4.79 Å². The van der Waals surface area contributed by atoms with Crippen molar-refractivity contribution in [1.82, 2.24) is 5.32 Å². The average Bonchev–Trinajstić information content (AvgIpc) is 2.28. The molecule has 17 heavy (non-hydrogen) atoms. The molecule has 94 valence electrons. The highest BCUT2D eigenvalue weighted by Crippen LogP contribution is 2.20. The summed E-state index contributed by atoms with van der Waals surface area (Å²) in [6.07, 6.45) is 1.11. The van der Waals surface area contributed by atoms with Crippen LogP contribution in [0.1, 0.15) is 23.7 Å². The monoisotopic (exact) mass is 299 g/mol. The molecule has 1 aromatic rings. The first kappa shape index (κ1) is 14.0. The smallest absolute Gasteiger partial charge is 0.250 e. The van der Waals surface area contributed by atoms with Crippen LogP contribution < -0.4 is 16.4 Å². The van der Waals surface area contributed by atoms with Crippen LogP contribution >= 0.6 is 15.9 Å². The molecule has 4 N–H and O–H groups in total. The fourth-order valence-corrected chi connectivity index (χ4v) is 1.83. The van der Waals surface area contributed by atoms with Gasteiger partial charge in [-0.1, -0.05) is 22.9 Å². The Bertz CT molecular complexity index is 382. The number of carbonyl (C=O) groups excluding carboxylic acids is 1. The van der Waals surface area contributed by atoms with Gasteiger partial charge >= 0.3 is 0 Å². The van der Waals surface area contributed by atoms with E-state index in [1.54, 1.807) is 12.1 Å². The first-order valence-corrected chi connectivity index (χ1v) is 6.48. The Kier molecular flexibility index (Phi) is 6.00. The fraction of sp³-hybridized carbons (Fsp3) is 0.417. The number of rotatable bonds is 7.